The summed E-state index contributed by atoms with van der Waals surface area (Å²) in [7, 11) is -4.24. The minimum atomic E-state index is -4.24. The van der Waals surface area contributed by atoms with Crippen LogP contribution in [0, 0.1) is 20.2 Å². The zero-order valence-electron chi connectivity index (χ0n) is 12.4. The van der Waals surface area contributed by atoms with E-state index in [2.05, 4.69) is 4.72 Å². The Labute approximate surface area is 137 Å². The molecule has 2 aromatic carbocycles. The fourth-order valence-corrected chi connectivity index (χ4v) is 3.48. The second kappa shape index (κ2) is 6.72. The number of nitro benzene ring substituents is 2. The lowest BCUT2D eigenvalue weighted by molar-refractivity contribution is -0.396. The first-order chi connectivity index (χ1) is 11.2. The van der Waals surface area contributed by atoms with Crippen LogP contribution in [0.2, 0.25) is 0 Å². The van der Waals surface area contributed by atoms with Gasteiger partial charge >= 0.3 is 0 Å². The Kier molecular flexibility index (Phi) is 4.90. The van der Waals surface area contributed by atoms with Crippen molar-refractivity contribution in [1.82, 2.24) is 4.72 Å². The summed E-state index contributed by atoms with van der Waals surface area (Å²) >= 11 is 0. The molecular weight excluding hydrogens is 338 g/mol. The molecule has 0 radical (unpaired) electrons. The highest BCUT2D eigenvalue weighted by molar-refractivity contribution is 7.89. The van der Waals surface area contributed by atoms with Crippen LogP contribution >= 0.6 is 0 Å². The minimum absolute atomic E-state index is 0.559. The van der Waals surface area contributed by atoms with E-state index in [-0.39, 0.29) is 0 Å². The van der Waals surface area contributed by atoms with Crippen molar-refractivity contribution in [3.8, 4) is 0 Å². The SMILES string of the molecule is C[C@@H](NS(=O)(=O)c1ccc([N+](=O)[O-])cc1[N+](=O)[O-])c1ccccc1. The minimum Gasteiger partial charge on any atom is -0.258 e. The highest BCUT2D eigenvalue weighted by atomic mass is 32.2. The van der Waals surface area contributed by atoms with Gasteiger partial charge < -0.3 is 0 Å². The molecule has 2 rings (SSSR count). The van der Waals surface area contributed by atoms with Crippen LogP contribution in [-0.2, 0) is 10.0 Å². The molecule has 0 bridgehead atoms. The summed E-state index contributed by atoms with van der Waals surface area (Å²) in [4.78, 5) is 19.4. The number of nitro groups is 2. The van der Waals surface area contributed by atoms with Gasteiger partial charge in [-0.15, -0.1) is 0 Å². The maximum absolute atomic E-state index is 12.4. The fourth-order valence-electron chi connectivity index (χ4n) is 2.10. The molecule has 9 nitrogen and oxygen atoms in total. The second-order valence-corrected chi connectivity index (χ2v) is 6.60. The van der Waals surface area contributed by atoms with E-state index in [9.17, 15) is 28.6 Å². The van der Waals surface area contributed by atoms with Crippen LogP contribution in [0.4, 0.5) is 11.4 Å². The third-order valence-corrected chi connectivity index (χ3v) is 4.86. The van der Waals surface area contributed by atoms with Crippen molar-refractivity contribution in [3.05, 3.63) is 74.3 Å². The molecular formula is C14H13N3O6S. The smallest absolute Gasteiger partial charge is 0.258 e. The van der Waals surface area contributed by atoms with Crippen molar-refractivity contribution in [2.45, 2.75) is 17.9 Å². The second-order valence-electron chi connectivity index (χ2n) is 4.92. The molecule has 1 atom stereocenters. The molecule has 24 heavy (non-hydrogen) atoms. The molecule has 0 aliphatic carbocycles. The molecule has 0 saturated heterocycles. The Hall–Kier alpha value is -2.85. The van der Waals surface area contributed by atoms with Gasteiger partial charge in [0, 0.05) is 12.1 Å². The number of benzene rings is 2. The van der Waals surface area contributed by atoms with Crippen molar-refractivity contribution >= 4 is 21.4 Å². The van der Waals surface area contributed by atoms with E-state index >= 15 is 0 Å². The first-order valence-corrected chi connectivity index (χ1v) is 8.21. The highest BCUT2D eigenvalue weighted by Gasteiger charge is 2.29. The molecule has 10 heteroatoms. The van der Waals surface area contributed by atoms with E-state index < -0.39 is 42.2 Å². The number of nitrogens with zero attached hydrogens (tertiary/aromatic N) is 2. The number of sulfonamides is 1. The van der Waals surface area contributed by atoms with Crippen LogP contribution in [0.5, 0.6) is 0 Å². The molecule has 0 aliphatic rings. The van der Waals surface area contributed by atoms with Gasteiger partial charge in [0.2, 0.25) is 10.0 Å². The Morgan fingerprint density at radius 2 is 1.62 bits per heavy atom. The lowest BCUT2D eigenvalue weighted by atomic mass is 10.1. The van der Waals surface area contributed by atoms with Crippen LogP contribution in [0.25, 0.3) is 0 Å². The van der Waals surface area contributed by atoms with Crippen LogP contribution in [-0.4, -0.2) is 18.3 Å². The molecule has 0 fully saturated rings. The summed E-state index contributed by atoms with van der Waals surface area (Å²) in [5.41, 5.74) is -0.737. The average Bonchev–Trinajstić information content (AvgIpc) is 2.54. The summed E-state index contributed by atoms with van der Waals surface area (Å²) in [6.07, 6.45) is 0. The lowest BCUT2D eigenvalue weighted by Crippen LogP contribution is -2.27. The van der Waals surface area contributed by atoms with Gasteiger partial charge in [0.05, 0.1) is 15.9 Å². The summed E-state index contributed by atoms with van der Waals surface area (Å²) in [6.45, 7) is 1.59. The largest absolute Gasteiger partial charge is 0.296 e. The van der Waals surface area contributed by atoms with E-state index in [1.165, 1.54) is 0 Å². The molecule has 0 saturated carbocycles. The Bertz CT molecular complexity index is 883. The quantitative estimate of drug-likeness (QED) is 0.628. The van der Waals surface area contributed by atoms with Gasteiger partial charge in [0.15, 0.2) is 4.90 Å². The highest BCUT2D eigenvalue weighted by Crippen LogP contribution is 2.29. The maximum atomic E-state index is 12.4. The monoisotopic (exact) mass is 351 g/mol. The van der Waals surface area contributed by atoms with Crippen LogP contribution < -0.4 is 4.72 Å². The topological polar surface area (TPSA) is 132 Å². The van der Waals surface area contributed by atoms with Crippen LogP contribution in [0.1, 0.15) is 18.5 Å². The number of non-ortho nitro benzene ring substituents is 1. The molecule has 0 unspecified atom stereocenters. The van der Waals surface area contributed by atoms with Gasteiger partial charge in [-0.05, 0) is 18.6 Å². The Morgan fingerprint density at radius 1 is 1.00 bits per heavy atom. The molecule has 0 spiro atoms. The molecule has 126 valence electrons. The predicted molar refractivity (Wildman–Crippen MR) is 84.9 cm³/mol. The summed E-state index contributed by atoms with van der Waals surface area (Å²) < 4.78 is 27.2. The average molecular weight is 351 g/mol. The van der Waals surface area contributed by atoms with E-state index in [1.807, 2.05) is 0 Å². The van der Waals surface area contributed by atoms with Crippen molar-refractivity contribution in [2.24, 2.45) is 0 Å². The third-order valence-electron chi connectivity index (χ3n) is 3.27. The lowest BCUT2D eigenvalue weighted by Gasteiger charge is -2.14. The molecule has 2 aromatic rings. The van der Waals surface area contributed by atoms with Crippen molar-refractivity contribution in [2.75, 3.05) is 0 Å². The predicted octanol–water partition coefficient (Wildman–Crippen LogP) is 2.54. The zero-order chi connectivity index (χ0) is 17.9. The molecule has 1 N–H and O–H groups in total. The van der Waals surface area contributed by atoms with Crippen molar-refractivity contribution < 1.29 is 18.3 Å². The third kappa shape index (κ3) is 3.73. The summed E-state index contributed by atoms with van der Waals surface area (Å²) in [6, 6.07) is 10.4. The van der Waals surface area contributed by atoms with Gasteiger partial charge in [0.1, 0.15) is 0 Å². The van der Waals surface area contributed by atoms with E-state index in [0.29, 0.717) is 11.6 Å². The molecule has 0 heterocycles. The van der Waals surface area contributed by atoms with Gasteiger partial charge in [0.25, 0.3) is 11.4 Å². The maximum Gasteiger partial charge on any atom is 0.296 e. The Morgan fingerprint density at radius 3 is 2.17 bits per heavy atom. The van der Waals surface area contributed by atoms with Crippen molar-refractivity contribution in [1.29, 1.82) is 0 Å². The van der Waals surface area contributed by atoms with E-state index in [0.717, 1.165) is 12.1 Å². The van der Waals surface area contributed by atoms with E-state index in [4.69, 9.17) is 0 Å². The molecule has 0 amide bonds. The van der Waals surface area contributed by atoms with Gasteiger partial charge in [-0.3, -0.25) is 20.2 Å². The first kappa shape index (κ1) is 17.5. The van der Waals surface area contributed by atoms with Crippen LogP contribution in [0.15, 0.2) is 53.4 Å². The summed E-state index contributed by atoms with van der Waals surface area (Å²) in [5.74, 6) is 0. The zero-order valence-corrected chi connectivity index (χ0v) is 13.3. The number of hydrogen-bond acceptors (Lipinski definition) is 6. The van der Waals surface area contributed by atoms with Crippen LogP contribution in [0.3, 0.4) is 0 Å². The van der Waals surface area contributed by atoms with Gasteiger partial charge in [-0.2, -0.15) is 0 Å². The fraction of sp³-hybridized carbons (Fsp3) is 0.143. The standard InChI is InChI=1S/C14H13N3O6S/c1-10(11-5-3-2-4-6-11)15-24(22,23)14-8-7-12(16(18)19)9-13(14)17(20)21/h2-10,15H,1H3/t10-/m1/s1. The normalized spacial score (nSPS) is 12.5. The molecule has 0 aromatic heterocycles. The van der Waals surface area contributed by atoms with Gasteiger partial charge in [-0.25, -0.2) is 13.1 Å². The Balaban J connectivity index is 2.42. The number of rotatable bonds is 6. The van der Waals surface area contributed by atoms with Gasteiger partial charge in [-0.1, -0.05) is 30.3 Å². The number of hydrogen-bond donors (Lipinski definition) is 1. The van der Waals surface area contributed by atoms with E-state index in [1.54, 1.807) is 37.3 Å². The summed E-state index contributed by atoms with van der Waals surface area (Å²) in [5, 5.41) is 21.8. The molecule has 0 aliphatic heterocycles. The first-order valence-electron chi connectivity index (χ1n) is 6.72. The number of nitrogens with one attached hydrogen (secondary N) is 1. The van der Waals surface area contributed by atoms with Crippen molar-refractivity contribution in [3.63, 3.8) is 0 Å².